The van der Waals surface area contributed by atoms with E-state index in [2.05, 4.69) is 10.1 Å². The summed E-state index contributed by atoms with van der Waals surface area (Å²) in [7, 11) is 0. The zero-order valence-corrected chi connectivity index (χ0v) is 11.7. The van der Waals surface area contributed by atoms with E-state index in [1.165, 1.54) is 12.1 Å². The lowest BCUT2D eigenvalue weighted by Crippen LogP contribution is -2.47. The molecule has 1 aromatic rings. The SMILES string of the molecule is CCOC(=O)C(N)C(=O)NCCc1cccc(C(=O)O)c1. The smallest absolute Gasteiger partial charge is 0.335 e. The van der Waals surface area contributed by atoms with Crippen molar-refractivity contribution in [2.45, 2.75) is 19.4 Å². The molecule has 0 saturated heterocycles. The lowest BCUT2D eigenvalue weighted by atomic mass is 10.1. The molecular formula is C14H18N2O5. The number of aromatic carboxylic acids is 1. The second kappa shape index (κ2) is 8.01. The molecule has 1 rings (SSSR count). The number of hydrogen-bond acceptors (Lipinski definition) is 5. The van der Waals surface area contributed by atoms with E-state index < -0.39 is 23.9 Å². The van der Waals surface area contributed by atoms with Crippen LogP contribution in [0.3, 0.4) is 0 Å². The van der Waals surface area contributed by atoms with Crippen molar-refractivity contribution >= 4 is 17.8 Å². The van der Waals surface area contributed by atoms with Crippen LogP contribution in [0.1, 0.15) is 22.8 Å². The molecule has 7 heteroatoms. The van der Waals surface area contributed by atoms with Gasteiger partial charge >= 0.3 is 11.9 Å². The van der Waals surface area contributed by atoms with E-state index in [0.717, 1.165) is 5.56 Å². The summed E-state index contributed by atoms with van der Waals surface area (Å²) in [5.74, 6) is -2.41. The minimum Gasteiger partial charge on any atom is -0.478 e. The minimum atomic E-state index is -1.35. The van der Waals surface area contributed by atoms with Gasteiger partial charge in [0.15, 0.2) is 6.04 Å². The van der Waals surface area contributed by atoms with Crippen molar-refractivity contribution < 1.29 is 24.2 Å². The van der Waals surface area contributed by atoms with Gasteiger partial charge in [0, 0.05) is 6.54 Å². The molecule has 0 spiro atoms. The monoisotopic (exact) mass is 294 g/mol. The molecule has 0 radical (unpaired) electrons. The number of rotatable bonds is 7. The zero-order chi connectivity index (χ0) is 15.8. The highest BCUT2D eigenvalue weighted by atomic mass is 16.5. The van der Waals surface area contributed by atoms with Gasteiger partial charge in [0.05, 0.1) is 12.2 Å². The molecule has 1 aromatic carbocycles. The highest BCUT2D eigenvalue weighted by Crippen LogP contribution is 2.05. The molecule has 0 aliphatic rings. The average Bonchev–Trinajstić information content (AvgIpc) is 2.46. The third-order valence-electron chi connectivity index (χ3n) is 2.71. The van der Waals surface area contributed by atoms with Crippen LogP contribution < -0.4 is 11.1 Å². The topological polar surface area (TPSA) is 119 Å². The van der Waals surface area contributed by atoms with Crippen molar-refractivity contribution in [1.82, 2.24) is 5.32 Å². The van der Waals surface area contributed by atoms with Gasteiger partial charge in [-0.15, -0.1) is 0 Å². The van der Waals surface area contributed by atoms with Crippen LogP contribution in [0.25, 0.3) is 0 Å². The molecule has 114 valence electrons. The number of carboxylic acids is 1. The van der Waals surface area contributed by atoms with Crippen molar-refractivity contribution in [2.24, 2.45) is 5.73 Å². The first-order valence-electron chi connectivity index (χ1n) is 6.48. The third-order valence-corrected chi connectivity index (χ3v) is 2.71. The van der Waals surface area contributed by atoms with Gasteiger partial charge in [-0.25, -0.2) is 9.59 Å². The molecule has 0 aliphatic heterocycles. The number of esters is 1. The van der Waals surface area contributed by atoms with E-state index in [1.54, 1.807) is 19.1 Å². The van der Waals surface area contributed by atoms with Crippen LogP contribution in [0.5, 0.6) is 0 Å². The standard InChI is InChI=1S/C14H18N2O5/c1-2-21-14(20)11(15)12(17)16-7-6-9-4-3-5-10(8-9)13(18)19/h3-5,8,11H,2,6-7,15H2,1H3,(H,16,17)(H,18,19). The summed E-state index contributed by atoms with van der Waals surface area (Å²) in [6.07, 6.45) is 0.433. The van der Waals surface area contributed by atoms with Gasteiger partial charge in [0.2, 0.25) is 5.91 Å². The van der Waals surface area contributed by atoms with Crippen molar-refractivity contribution in [2.75, 3.05) is 13.2 Å². The van der Waals surface area contributed by atoms with Gasteiger partial charge < -0.3 is 20.9 Å². The Labute approximate surface area is 122 Å². The van der Waals surface area contributed by atoms with Gasteiger partial charge in [-0.3, -0.25) is 4.79 Å². The minimum absolute atomic E-state index is 0.155. The van der Waals surface area contributed by atoms with Gasteiger partial charge in [-0.2, -0.15) is 0 Å². The van der Waals surface area contributed by atoms with Crippen molar-refractivity contribution in [3.8, 4) is 0 Å². The van der Waals surface area contributed by atoms with Crippen LogP contribution in [0.4, 0.5) is 0 Å². The molecule has 0 fully saturated rings. The van der Waals surface area contributed by atoms with E-state index in [4.69, 9.17) is 10.8 Å². The molecule has 0 aromatic heterocycles. The molecule has 21 heavy (non-hydrogen) atoms. The van der Waals surface area contributed by atoms with Crippen LogP contribution in [-0.4, -0.2) is 42.1 Å². The molecule has 0 bridgehead atoms. The van der Waals surface area contributed by atoms with Gasteiger partial charge in [-0.05, 0) is 31.0 Å². The number of ether oxygens (including phenoxy) is 1. The fourth-order valence-electron chi connectivity index (χ4n) is 1.64. The Hall–Kier alpha value is -2.41. The first-order chi connectivity index (χ1) is 9.95. The molecule has 1 amide bonds. The van der Waals surface area contributed by atoms with Gasteiger partial charge in [-0.1, -0.05) is 12.1 Å². The number of carbonyl (C=O) groups is 3. The van der Waals surface area contributed by atoms with Crippen LogP contribution in [0, 0.1) is 0 Å². The Morgan fingerprint density at radius 3 is 2.71 bits per heavy atom. The number of hydrogen-bond donors (Lipinski definition) is 3. The number of carbonyl (C=O) groups excluding carboxylic acids is 2. The Morgan fingerprint density at radius 1 is 1.38 bits per heavy atom. The number of nitrogens with two attached hydrogens (primary N) is 1. The summed E-state index contributed by atoms with van der Waals surface area (Å²) in [5.41, 5.74) is 6.37. The van der Waals surface area contributed by atoms with Crippen LogP contribution in [-0.2, 0) is 20.7 Å². The lowest BCUT2D eigenvalue weighted by Gasteiger charge is -2.11. The largest absolute Gasteiger partial charge is 0.478 e. The summed E-state index contributed by atoms with van der Waals surface area (Å²) in [6.45, 7) is 2.02. The van der Waals surface area contributed by atoms with E-state index in [0.29, 0.717) is 6.42 Å². The maximum Gasteiger partial charge on any atom is 0.335 e. The van der Waals surface area contributed by atoms with E-state index in [1.807, 2.05) is 0 Å². The molecular weight excluding hydrogens is 276 g/mol. The van der Waals surface area contributed by atoms with E-state index >= 15 is 0 Å². The summed E-state index contributed by atoms with van der Waals surface area (Å²) < 4.78 is 4.64. The summed E-state index contributed by atoms with van der Waals surface area (Å²) in [6, 6.07) is 5.05. The average molecular weight is 294 g/mol. The van der Waals surface area contributed by atoms with Crippen molar-refractivity contribution in [1.29, 1.82) is 0 Å². The molecule has 1 unspecified atom stereocenters. The molecule has 0 heterocycles. The Bertz CT molecular complexity index is 530. The van der Waals surface area contributed by atoms with Gasteiger partial charge in [0.25, 0.3) is 0 Å². The highest BCUT2D eigenvalue weighted by Gasteiger charge is 2.22. The first kappa shape index (κ1) is 16.6. The summed E-state index contributed by atoms with van der Waals surface area (Å²) in [4.78, 5) is 33.7. The number of carboxylic acid groups (broad SMARTS) is 1. The predicted octanol–water partition coefficient (Wildman–Crippen LogP) is -0.0661. The zero-order valence-electron chi connectivity index (χ0n) is 11.7. The maximum absolute atomic E-state index is 11.6. The molecule has 0 aliphatic carbocycles. The Balaban J connectivity index is 2.46. The van der Waals surface area contributed by atoms with Crippen molar-refractivity contribution in [3.05, 3.63) is 35.4 Å². The second-order valence-corrected chi connectivity index (χ2v) is 4.28. The fourth-order valence-corrected chi connectivity index (χ4v) is 1.64. The Morgan fingerprint density at radius 2 is 2.10 bits per heavy atom. The Kier molecular flexibility index (Phi) is 6.35. The van der Waals surface area contributed by atoms with E-state index in [-0.39, 0.29) is 18.7 Å². The molecule has 7 nitrogen and oxygen atoms in total. The molecule has 0 saturated carbocycles. The fraction of sp³-hybridized carbons (Fsp3) is 0.357. The summed E-state index contributed by atoms with van der Waals surface area (Å²) >= 11 is 0. The first-order valence-corrected chi connectivity index (χ1v) is 6.48. The normalized spacial score (nSPS) is 11.5. The van der Waals surface area contributed by atoms with E-state index in [9.17, 15) is 14.4 Å². The third kappa shape index (κ3) is 5.23. The quantitative estimate of drug-likeness (QED) is 0.478. The number of benzene rings is 1. The molecule has 4 N–H and O–H groups in total. The molecule has 1 atom stereocenters. The summed E-state index contributed by atoms with van der Waals surface area (Å²) in [5, 5.41) is 11.4. The van der Waals surface area contributed by atoms with Crippen LogP contribution >= 0.6 is 0 Å². The van der Waals surface area contributed by atoms with Crippen molar-refractivity contribution in [3.63, 3.8) is 0 Å². The number of amides is 1. The highest BCUT2D eigenvalue weighted by molar-refractivity contribution is 6.01. The number of nitrogens with one attached hydrogen (secondary N) is 1. The second-order valence-electron chi connectivity index (χ2n) is 4.28. The predicted molar refractivity (Wildman–Crippen MR) is 74.7 cm³/mol. The van der Waals surface area contributed by atoms with Gasteiger partial charge in [0.1, 0.15) is 0 Å². The maximum atomic E-state index is 11.6. The lowest BCUT2D eigenvalue weighted by molar-refractivity contribution is -0.147. The van der Waals surface area contributed by atoms with Crippen LogP contribution in [0.15, 0.2) is 24.3 Å². The van der Waals surface area contributed by atoms with Crippen LogP contribution in [0.2, 0.25) is 0 Å².